The number of nitrogens with one attached hydrogen (secondary N) is 1. The number of carbonyl (C=O) groups excluding carboxylic acids is 1. The Kier molecular flexibility index (Phi) is 5.25. The van der Waals surface area contributed by atoms with Crippen LogP contribution in [0, 0.1) is 5.92 Å². The fraction of sp³-hybridized carbons (Fsp3) is 0.500. The van der Waals surface area contributed by atoms with Gasteiger partial charge in [-0.15, -0.1) is 0 Å². The van der Waals surface area contributed by atoms with Crippen molar-refractivity contribution in [3.63, 3.8) is 0 Å². The summed E-state index contributed by atoms with van der Waals surface area (Å²) in [6, 6.07) is 5.15. The first kappa shape index (κ1) is 16.3. The maximum absolute atomic E-state index is 12.1. The molecule has 1 aromatic rings. The predicted molar refractivity (Wildman–Crippen MR) is 80.4 cm³/mol. The van der Waals surface area contributed by atoms with Crippen LogP contribution < -0.4 is 11.1 Å². The number of carbonyl (C=O) groups is 1. The number of benzene rings is 1. The van der Waals surface area contributed by atoms with Crippen LogP contribution in [0.25, 0.3) is 0 Å². The Morgan fingerprint density at radius 3 is 2.32 bits per heavy atom. The van der Waals surface area contributed by atoms with Gasteiger partial charge in [0.2, 0.25) is 5.91 Å². The number of amides is 1. The Balaban J connectivity index is 2.91. The van der Waals surface area contributed by atoms with E-state index in [1.54, 1.807) is 12.1 Å². The summed E-state index contributed by atoms with van der Waals surface area (Å²) in [6.07, 6.45) is 0. The molecule has 0 aliphatic rings. The summed E-state index contributed by atoms with van der Waals surface area (Å²) < 4.78 is 0. The molecule has 3 N–H and O–H groups in total. The van der Waals surface area contributed by atoms with Gasteiger partial charge in [0.05, 0.1) is 15.6 Å². The molecule has 1 rings (SSSR count). The summed E-state index contributed by atoms with van der Waals surface area (Å²) in [5, 5.41) is 3.95. The van der Waals surface area contributed by atoms with Crippen molar-refractivity contribution >= 4 is 29.1 Å². The molecule has 1 amide bonds. The van der Waals surface area contributed by atoms with Crippen LogP contribution in [0.15, 0.2) is 18.2 Å². The minimum atomic E-state index is -0.533. The highest BCUT2D eigenvalue weighted by molar-refractivity contribution is 6.42. The molecule has 0 aliphatic heterocycles. The van der Waals surface area contributed by atoms with Crippen LogP contribution in [0.2, 0.25) is 10.0 Å². The summed E-state index contributed by atoms with van der Waals surface area (Å²) in [5.41, 5.74) is 6.10. The highest BCUT2D eigenvalue weighted by Gasteiger charge is 2.27. The minimum absolute atomic E-state index is 0.0777. The second-order valence-corrected chi connectivity index (χ2v) is 6.21. The van der Waals surface area contributed by atoms with Gasteiger partial charge in [0.15, 0.2) is 0 Å². The van der Waals surface area contributed by atoms with E-state index in [1.165, 1.54) is 0 Å². The van der Waals surface area contributed by atoms with Crippen LogP contribution in [0.5, 0.6) is 0 Å². The lowest BCUT2D eigenvalue weighted by Crippen LogP contribution is -2.47. The number of hydrogen-bond donors (Lipinski definition) is 2. The third-order valence-corrected chi connectivity index (χ3v) is 4.02. The molecule has 3 nitrogen and oxygen atoms in total. The van der Waals surface area contributed by atoms with Gasteiger partial charge in [-0.3, -0.25) is 4.79 Å². The molecule has 2 atom stereocenters. The monoisotopic (exact) mass is 302 g/mol. The average molecular weight is 303 g/mol. The molecular formula is C14H20Cl2N2O. The molecule has 0 spiro atoms. The predicted octanol–water partition coefficient (Wildman–Crippen LogP) is 3.33. The van der Waals surface area contributed by atoms with Gasteiger partial charge >= 0.3 is 0 Å². The molecule has 5 heteroatoms. The van der Waals surface area contributed by atoms with Gasteiger partial charge in [0, 0.05) is 12.0 Å². The first-order chi connectivity index (χ1) is 8.65. The Hall–Kier alpha value is -0.770. The first-order valence-corrected chi connectivity index (χ1v) is 6.94. The van der Waals surface area contributed by atoms with Gasteiger partial charge in [0.25, 0.3) is 0 Å². The fourth-order valence-corrected chi connectivity index (χ4v) is 1.92. The van der Waals surface area contributed by atoms with Gasteiger partial charge in [-0.05, 0) is 38.5 Å². The zero-order valence-corrected chi connectivity index (χ0v) is 13.1. The second-order valence-electron chi connectivity index (χ2n) is 5.39. The lowest BCUT2D eigenvalue weighted by atomic mass is 9.92. The van der Waals surface area contributed by atoms with E-state index in [9.17, 15) is 4.79 Å². The maximum atomic E-state index is 12.1. The molecule has 106 valence electrons. The van der Waals surface area contributed by atoms with Crippen LogP contribution in [-0.4, -0.2) is 11.9 Å². The van der Waals surface area contributed by atoms with Gasteiger partial charge in [-0.25, -0.2) is 0 Å². The van der Waals surface area contributed by atoms with Gasteiger partial charge in [0.1, 0.15) is 0 Å². The summed E-state index contributed by atoms with van der Waals surface area (Å²) in [6.45, 7) is 7.46. The van der Waals surface area contributed by atoms with E-state index in [4.69, 9.17) is 28.9 Å². The molecule has 0 aliphatic carbocycles. The number of halogens is 2. The molecule has 2 unspecified atom stereocenters. The number of hydrogen-bond acceptors (Lipinski definition) is 2. The van der Waals surface area contributed by atoms with Crippen LogP contribution in [0.3, 0.4) is 0 Å². The van der Waals surface area contributed by atoms with Crippen LogP contribution in [0.4, 0.5) is 0 Å². The van der Waals surface area contributed by atoms with Crippen molar-refractivity contribution in [1.29, 1.82) is 0 Å². The fourth-order valence-electron chi connectivity index (χ4n) is 1.62. The van der Waals surface area contributed by atoms with Crippen molar-refractivity contribution in [3.05, 3.63) is 33.8 Å². The lowest BCUT2D eigenvalue weighted by molar-refractivity contribution is -0.126. The average Bonchev–Trinajstić information content (AvgIpc) is 2.30. The normalized spacial score (nSPS) is 14.9. The molecule has 0 fully saturated rings. The summed E-state index contributed by atoms with van der Waals surface area (Å²) in [7, 11) is 0. The number of nitrogens with two attached hydrogens (primary N) is 1. The maximum Gasteiger partial charge on any atom is 0.225 e. The quantitative estimate of drug-likeness (QED) is 0.896. The Labute approximate surface area is 124 Å². The third-order valence-electron chi connectivity index (χ3n) is 3.28. The summed E-state index contributed by atoms with van der Waals surface area (Å²) >= 11 is 11.9. The van der Waals surface area contributed by atoms with Crippen molar-refractivity contribution in [3.8, 4) is 0 Å². The summed E-state index contributed by atoms with van der Waals surface area (Å²) in [4.78, 5) is 12.1. The van der Waals surface area contributed by atoms with Gasteiger partial charge < -0.3 is 11.1 Å². The largest absolute Gasteiger partial charge is 0.347 e. The van der Waals surface area contributed by atoms with Crippen molar-refractivity contribution in [1.82, 2.24) is 5.32 Å². The Bertz CT molecular complexity index is 473. The van der Waals surface area contributed by atoms with E-state index in [2.05, 4.69) is 5.32 Å². The highest BCUT2D eigenvalue weighted by atomic mass is 35.5. The van der Waals surface area contributed by atoms with E-state index >= 15 is 0 Å². The Morgan fingerprint density at radius 1 is 1.26 bits per heavy atom. The third kappa shape index (κ3) is 4.10. The van der Waals surface area contributed by atoms with Gasteiger partial charge in [-0.2, -0.15) is 0 Å². The van der Waals surface area contributed by atoms with Crippen molar-refractivity contribution in [2.24, 2.45) is 11.7 Å². The molecule has 0 aromatic heterocycles. The number of rotatable bonds is 4. The van der Waals surface area contributed by atoms with Gasteiger partial charge in [-0.1, -0.05) is 36.2 Å². The molecule has 0 bridgehead atoms. The van der Waals surface area contributed by atoms with Crippen LogP contribution >= 0.6 is 23.2 Å². The molecule has 0 saturated carbocycles. The van der Waals surface area contributed by atoms with Crippen molar-refractivity contribution < 1.29 is 4.79 Å². The van der Waals surface area contributed by atoms with Crippen molar-refractivity contribution in [2.45, 2.75) is 39.3 Å². The topological polar surface area (TPSA) is 55.1 Å². The highest BCUT2D eigenvalue weighted by Crippen LogP contribution is 2.28. The summed E-state index contributed by atoms with van der Waals surface area (Å²) in [5.74, 6) is -0.326. The van der Waals surface area contributed by atoms with Crippen LogP contribution in [0.1, 0.15) is 33.3 Å². The van der Waals surface area contributed by atoms with E-state index in [0.29, 0.717) is 10.0 Å². The molecule has 0 heterocycles. The SMILES string of the molecule is CC(N)C(C)C(=O)NC(C)(C)c1ccc(Cl)c(Cl)c1. The van der Waals surface area contributed by atoms with E-state index in [0.717, 1.165) is 5.56 Å². The molecule has 0 radical (unpaired) electrons. The smallest absolute Gasteiger partial charge is 0.225 e. The zero-order chi connectivity index (χ0) is 14.8. The van der Waals surface area contributed by atoms with E-state index in [-0.39, 0.29) is 17.9 Å². The minimum Gasteiger partial charge on any atom is -0.347 e. The van der Waals surface area contributed by atoms with E-state index < -0.39 is 5.54 Å². The first-order valence-electron chi connectivity index (χ1n) is 6.18. The van der Waals surface area contributed by atoms with E-state index in [1.807, 2.05) is 33.8 Å². The molecule has 0 saturated heterocycles. The second kappa shape index (κ2) is 6.12. The van der Waals surface area contributed by atoms with Crippen molar-refractivity contribution in [2.75, 3.05) is 0 Å². The molecule has 1 aromatic carbocycles. The Morgan fingerprint density at radius 2 is 1.84 bits per heavy atom. The standard InChI is InChI=1S/C14H20Cl2N2O/c1-8(9(2)17)13(19)18-14(3,4)10-5-6-11(15)12(16)7-10/h5-9H,17H2,1-4H3,(H,18,19). The van der Waals surface area contributed by atoms with Crippen LogP contribution in [-0.2, 0) is 10.3 Å². The molecule has 19 heavy (non-hydrogen) atoms. The zero-order valence-electron chi connectivity index (χ0n) is 11.6. The lowest BCUT2D eigenvalue weighted by Gasteiger charge is -2.29. The molecular weight excluding hydrogens is 283 g/mol.